The molecule has 3 heterocycles. The smallest absolute Gasteiger partial charge is 0.336 e. The summed E-state index contributed by atoms with van der Waals surface area (Å²) in [5.74, 6) is -1.25. The maximum absolute atomic E-state index is 14.2. The van der Waals surface area contributed by atoms with Gasteiger partial charge in [0.1, 0.15) is 4.08 Å². The molecule has 0 radical (unpaired) electrons. The summed E-state index contributed by atoms with van der Waals surface area (Å²) in [4.78, 5) is 45.1. The van der Waals surface area contributed by atoms with Crippen molar-refractivity contribution in [2.45, 2.75) is 61.4 Å². The van der Waals surface area contributed by atoms with Gasteiger partial charge in [-0.3, -0.25) is 19.3 Å². The number of nitrogens with zero attached hydrogens (tertiary/aromatic N) is 4. The molecule has 0 N–H and O–H groups in total. The molecule has 3 aromatic rings. The highest BCUT2D eigenvalue weighted by atomic mass is 32.3. The minimum Gasteiger partial charge on any atom is -0.460 e. The molecule has 1 fully saturated rings. The van der Waals surface area contributed by atoms with Crippen molar-refractivity contribution < 1.29 is 27.5 Å². The van der Waals surface area contributed by atoms with Gasteiger partial charge in [-0.05, 0) is 30.5 Å². The molecule has 0 aliphatic carbocycles. The maximum Gasteiger partial charge on any atom is 0.336 e. The highest BCUT2D eigenvalue weighted by molar-refractivity contribution is 8.15. The van der Waals surface area contributed by atoms with Crippen LogP contribution in [0.25, 0.3) is 0 Å². The molecule has 13 heteroatoms. The second kappa shape index (κ2) is 11.3. The second-order valence-corrected chi connectivity index (χ2v) is 15.9. The van der Waals surface area contributed by atoms with E-state index >= 15 is 0 Å². The molecule has 11 nitrogen and oxygen atoms in total. The number of allylic oxidation sites excluding steroid dienone is 1. The van der Waals surface area contributed by atoms with Crippen molar-refractivity contribution in [2.75, 3.05) is 7.11 Å². The topological polar surface area (TPSA) is 138 Å². The van der Waals surface area contributed by atoms with Crippen LogP contribution in [0, 0.1) is 5.41 Å². The SMILES string of the molecule is CO[C@H]1C(=O)N2C(C(=O)C(C)(C)C)=C(C)C(C)(Sc3nc(=O)c(OC(c4ccccc4)c4ccccc4)nn3C)S(=O)(=O)[C@H]12. The van der Waals surface area contributed by atoms with Gasteiger partial charge < -0.3 is 9.47 Å². The minimum atomic E-state index is -4.23. The number of fused-ring (bicyclic) bond motifs is 1. The summed E-state index contributed by atoms with van der Waals surface area (Å²) in [5.41, 5.74) is 0.0619. The Kier molecular flexibility index (Phi) is 8.10. The number of thioether (sulfide) groups is 1. The summed E-state index contributed by atoms with van der Waals surface area (Å²) in [5, 5.41) is 2.92. The Morgan fingerprint density at radius 1 is 1.02 bits per heavy atom. The van der Waals surface area contributed by atoms with Crippen molar-refractivity contribution in [3.05, 3.63) is 93.4 Å². The molecular formula is C31H34N4O7S2. The number of carbonyl (C=O) groups excluding carboxylic acids is 2. The summed E-state index contributed by atoms with van der Waals surface area (Å²) in [7, 11) is -1.45. The van der Waals surface area contributed by atoms with Gasteiger partial charge in [0.15, 0.2) is 38.4 Å². The van der Waals surface area contributed by atoms with Crippen molar-refractivity contribution in [1.82, 2.24) is 19.7 Å². The first-order valence-corrected chi connectivity index (χ1v) is 16.3. The number of sulfone groups is 1. The number of carbonyl (C=O) groups is 2. The number of methoxy groups -OCH3 is 1. The van der Waals surface area contributed by atoms with Crippen LogP contribution in [0.4, 0.5) is 0 Å². The van der Waals surface area contributed by atoms with Crippen molar-refractivity contribution in [2.24, 2.45) is 12.5 Å². The number of ketones is 1. The molecule has 1 aromatic heterocycles. The number of hydrogen-bond donors (Lipinski definition) is 0. The fraction of sp³-hybridized carbons (Fsp3) is 0.387. The third-order valence-corrected chi connectivity index (χ3v) is 12.6. The predicted octanol–water partition coefficient (Wildman–Crippen LogP) is 3.65. The van der Waals surface area contributed by atoms with Gasteiger partial charge in [0.05, 0.1) is 5.70 Å². The normalized spacial score (nSPS) is 22.9. The quantitative estimate of drug-likeness (QED) is 0.336. The van der Waals surface area contributed by atoms with E-state index in [0.717, 1.165) is 27.8 Å². The molecular weight excluding hydrogens is 604 g/mol. The van der Waals surface area contributed by atoms with Crippen molar-refractivity contribution in [3.8, 4) is 5.88 Å². The molecule has 232 valence electrons. The summed E-state index contributed by atoms with van der Waals surface area (Å²) in [6, 6.07) is 18.7. The van der Waals surface area contributed by atoms with Gasteiger partial charge in [0, 0.05) is 19.6 Å². The van der Waals surface area contributed by atoms with E-state index in [1.165, 1.54) is 32.7 Å². The van der Waals surface area contributed by atoms with Gasteiger partial charge >= 0.3 is 11.4 Å². The van der Waals surface area contributed by atoms with Crippen molar-refractivity contribution >= 4 is 33.3 Å². The molecule has 5 rings (SSSR count). The summed E-state index contributed by atoms with van der Waals surface area (Å²) < 4.78 is 39.2. The number of β-lactam (4-membered cyclic amide) rings is 1. The molecule has 0 spiro atoms. The van der Waals surface area contributed by atoms with Crippen LogP contribution in [0.2, 0.25) is 0 Å². The van der Waals surface area contributed by atoms with Crippen LogP contribution in [0.5, 0.6) is 5.88 Å². The molecule has 2 aliphatic rings. The fourth-order valence-electron chi connectivity index (χ4n) is 5.26. The fourth-order valence-corrected chi connectivity index (χ4v) is 9.17. The van der Waals surface area contributed by atoms with Crippen molar-refractivity contribution in [3.63, 3.8) is 0 Å². The van der Waals surface area contributed by atoms with Gasteiger partial charge in [-0.15, -0.1) is 5.10 Å². The lowest BCUT2D eigenvalue weighted by Gasteiger charge is -2.53. The molecule has 1 saturated heterocycles. The summed E-state index contributed by atoms with van der Waals surface area (Å²) in [6.45, 7) is 8.05. The Labute approximate surface area is 260 Å². The Hall–Kier alpha value is -3.81. The zero-order valence-electron chi connectivity index (χ0n) is 25.5. The monoisotopic (exact) mass is 638 g/mol. The molecule has 0 saturated carbocycles. The number of aryl methyl sites for hydroxylation is 1. The van der Waals surface area contributed by atoms with E-state index in [9.17, 15) is 22.8 Å². The molecule has 1 unspecified atom stereocenters. The first-order chi connectivity index (χ1) is 20.6. The largest absolute Gasteiger partial charge is 0.460 e. The number of benzene rings is 2. The van der Waals surface area contributed by atoms with Gasteiger partial charge in [-0.25, -0.2) is 13.1 Å². The average molecular weight is 639 g/mol. The highest BCUT2D eigenvalue weighted by Gasteiger charge is 2.67. The number of Topliss-reactive ketones (excluding diaryl/α,β-unsaturated/α-hetero) is 1. The van der Waals surface area contributed by atoms with Crippen LogP contribution < -0.4 is 10.3 Å². The molecule has 0 bridgehead atoms. The maximum atomic E-state index is 14.2. The van der Waals surface area contributed by atoms with Crippen LogP contribution in [-0.2, 0) is 31.2 Å². The second-order valence-electron chi connectivity index (χ2n) is 11.8. The Bertz CT molecular complexity index is 1780. The summed E-state index contributed by atoms with van der Waals surface area (Å²) in [6.07, 6.45) is -1.92. The number of aromatic nitrogens is 3. The minimum absolute atomic E-state index is 0.0112. The molecule has 2 aliphatic heterocycles. The first kappa shape index (κ1) is 31.6. The van der Waals surface area contributed by atoms with Crippen LogP contribution in [-0.4, -0.2) is 62.4 Å². The van der Waals surface area contributed by atoms with E-state index in [1.807, 2.05) is 60.7 Å². The number of ether oxygens (including phenoxy) is 2. The average Bonchev–Trinajstić information content (AvgIpc) is 2.98. The lowest BCUT2D eigenvalue weighted by molar-refractivity contribution is -0.161. The van der Waals surface area contributed by atoms with Gasteiger partial charge in [-0.2, -0.15) is 4.98 Å². The molecule has 2 aromatic carbocycles. The van der Waals surface area contributed by atoms with Crippen LogP contribution in [0.1, 0.15) is 51.8 Å². The third kappa shape index (κ3) is 5.06. The van der Waals surface area contributed by atoms with Crippen LogP contribution in [0.15, 0.2) is 81.9 Å². The summed E-state index contributed by atoms with van der Waals surface area (Å²) >= 11 is 0.770. The van der Waals surface area contributed by atoms with Gasteiger partial charge in [0.25, 0.3) is 5.91 Å². The number of amides is 1. The number of hydrogen-bond acceptors (Lipinski definition) is 10. The first-order valence-electron chi connectivity index (χ1n) is 13.9. The standard InChI is InChI=1S/C31H34N4O7S2/c1-18-21(24(36)30(2,3)4)35-27(38)23(41-7)28(35)44(39,40)31(18,5)43-29-32-25(37)26(33-34(29)6)42-22(19-14-10-8-11-15-19)20-16-12-9-13-17-20/h8-17,22-23,28H,1-7H3/t23-,28+,31?/m0/s1. The van der Waals surface area contributed by atoms with E-state index in [1.54, 1.807) is 20.8 Å². The van der Waals surface area contributed by atoms with Crippen LogP contribution >= 0.6 is 11.8 Å². The lowest BCUT2D eigenvalue weighted by Crippen LogP contribution is -2.73. The van der Waals surface area contributed by atoms with Crippen LogP contribution in [0.3, 0.4) is 0 Å². The van der Waals surface area contributed by atoms with Crippen molar-refractivity contribution in [1.29, 1.82) is 0 Å². The van der Waals surface area contributed by atoms with Gasteiger partial charge in [-0.1, -0.05) is 93.2 Å². The Morgan fingerprint density at radius 3 is 2.07 bits per heavy atom. The van der Waals surface area contributed by atoms with Gasteiger partial charge in [0.2, 0.25) is 0 Å². The molecule has 1 amide bonds. The van der Waals surface area contributed by atoms with E-state index < -0.39 is 48.4 Å². The van der Waals surface area contributed by atoms with E-state index in [-0.39, 0.29) is 28.1 Å². The zero-order chi connectivity index (χ0) is 32.2. The lowest BCUT2D eigenvalue weighted by atomic mass is 9.85. The predicted molar refractivity (Wildman–Crippen MR) is 164 cm³/mol. The number of rotatable bonds is 8. The molecule has 3 atom stereocenters. The Morgan fingerprint density at radius 2 is 1.57 bits per heavy atom. The Balaban J connectivity index is 1.57. The van der Waals surface area contributed by atoms with E-state index in [0.29, 0.717) is 0 Å². The third-order valence-electron chi connectivity index (χ3n) is 7.90. The zero-order valence-corrected chi connectivity index (χ0v) is 27.1. The van der Waals surface area contributed by atoms with E-state index in [4.69, 9.17) is 9.47 Å². The molecule has 44 heavy (non-hydrogen) atoms. The highest BCUT2D eigenvalue weighted by Crippen LogP contribution is 2.53. The van der Waals surface area contributed by atoms with E-state index in [2.05, 4.69) is 10.1 Å².